The van der Waals surface area contributed by atoms with Gasteiger partial charge in [0.25, 0.3) is 0 Å². The Morgan fingerprint density at radius 1 is 0.486 bits per heavy atom. The molecule has 0 fully saturated rings. The minimum absolute atomic E-state index is 1.33. The lowest BCUT2D eigenvalue weighted by atomic mass is 10.1. The molecule has 1 aliphatic heterocycles. The summed E-state index contributed by atoms with van der Waals surface area (Å²) in [5, 5.41) is 7.35. The lowest BCUT2D eigenvalue weighted by molar-refractivity contribution is 1.64. The zero-order valence-corrected chi connectivity index (χ0v) is 24.8. The van der Waals surface area contributed by atoms with E-state index in [4.69, 9.17) is 0 Å². The first-order valence-electron chi connectivity index (χ1n) is 12.3. The Hall–Kier alpha value is -2.80. The average molecular weight is 565 g/mol. The predicted octanol–water partition coefficient (Wildman–Crippen LogP) is 9.91. The van der Waals surface area contributed by atoms with E-state index in [9.17, 15) is 0 Å². The van der Waals surface area contributed by atoms with Crippen molar-refractivity contribution in [2.24, 2.45) is 0 Å². The molecular formula is C32H24S4Si. The van der Waals surface area contributed by atoms with E-state index in [1.807, 2.05) is 45.3 Å². The third kappa shape index (κ3) is 4.15. The van der Waals surface area contributed by atoms with Crippen LogP contribution in [0, 0.1) is 0 Å². The smallest absolute Gasteiger partial charge is 0.113 e. The summed E-state index contributed by atoms with van der Waals surface area (Å²) in [5.41, 5.74) is 5.39. The van der Waals surface area contributed by atoms with Crippen molar-refractivity contribution < 1.29 is 0 Å². The topological polar surface area (TPSA) is 0 Å². The largest absolute Gasteiger partial charge is 0.143 e. The van der Waals surface area contributed by atoms with Gasteiger partial charge in [0.2, 0.25) is 0 Å². The second kappa shape index (κ2) is 9.19. The van der Waals surface area contributed by atoms with E-state index >= 15 is 0 Å². The fourth-order valence-electron chi connectivity index (χ4n) is 5.21. The van der Waals surface area contributed by atoms with Crippen LogP contribution in [0.3, 0.4) is 0 Å². The van der Waals surface area contributed by atoms with Crippen LogP contribution < -0.4 is 10.4 Å². The zero-order chi connectivity index (χ0) is 25.0. The monoisotopic (exact) mass is 564 g/mol. The highest BCUT2D eigenvalue weighted by Gasteiger charge is 2.32. The van der Waals surface area contributed by atoms with Crippen LogP contribution in [0.4, 0.5) is 0 Å². The Morgan fingerprint density at radius 2 is 0.946 bits per heavy atom. The molecule has 5 heteroatoms. The van der Waals surface area contributed by atoms with Gasteiger partial charge in [-0.3, -0.25) is 0 Å². The van der Waals surface area contributed by atoms with Gasteiger partial charge in [-0.1, -0.05) is 73.8 Å². The van der Waals surface area contributed by atoms with Crippen molar-refractivity contribution in [3.63, 3.8) is 0 Å². The second-order valence-corrected chi connectivity index (χ2v) is 18.2. The normalized spacial score (nSPS) is 13.8. The summed E-state index contributed by atoms with van der Waals surface area (Å²) in [5.74, 6) is 0. The third-order valence-corrected chi connectivity index (χ3v) is 15.2. The van der Waals surface area contributed by atoms with E-state index in [0.29, 0.717) is 0 Å². The van der Waals surface area contributed by atoms with Crippen LogP contribution in [0.2, 0.25) is 13.1 Å². The molecule has 2 aromatic carbocycles. The molecule has 0 atom stereocenters. The minimum Gasteiger partial charge on any atom is -0.143 e. The SMILES string of the molecule is C[Si]1(C)c2cc(-c3ccc(-c4cccs4)s3)ccc2C=Cc2ccc(-c3ccc(-c4cccs4)s3)cc21. The Morgan fingerprint density at radius 3 is 1.38 bits per heavy atom. The number of hydrogen-bond acceptors (Lipinski definition) is 4. The van der Waals surface area contributed by atoms with Gasteiger partial charge in [0.05, 0.1) is 0 Å². The third-order valence-electron chi connectivity index (χ3n) is 7.20. The van der Waals surface area contributed by atoms with Crippen molar-refractivity contribution in [2.75, 3.05) is 0 Å². The molecule has 4 aromatic heterocycles. The number of rotatable bonds is 4. The van der Waals surface area contributed by atoms with E-state index in [-0.39, 0.29) is 0 Å². The molecule has 0 nitrogen and oxygen atoms in total. The van der Waals surface area contributed by atoms with Crippen molar-refractivity contribution in [1.82, 2.24) is 0 Å². The molecule has 0 unspecified atom stereocenters. The van der Waals surface area contributed by atoms with Crippen molar-refractivity contribution in [3.05, 3.63) is 107 Å². The number of thiophene rings is 4. The first-order valence-corrected chi connectivity index (χ1v) is 18.7. The molecule has 1 aliphatic rings. The van der Waals surface area contributed by atoms with E-state index < -0.39 is 8.07 Å². The molecule has 37 heavy (non-hydrogen) atoms. The maximum absolute atomic E-state index is 2.52. The maximum atomic E-state index is 2.52. The zero-order valence-electron chi connectivity index (χ0n) is 20.5. The van der Waals surface area contributed by atoms with Crippen LogP contribution in [-0.4, -0.2) is 8.07 Å². The van der Waals surface area contributed by atoms with Crippen LogP contribution in [0.25, 0.3) is 52.5 Å². The van der Waals surface area contributed by atoms with E-state index in [1.54, 1.807) is 0 Å². The van der Waals surface area contributed by atoms with Crippen molar-refractivity contribution >= 4 is 75.9 Å². The number of hydrogen-bond donors (Lipinski definition) is 0. The highest BCUT2D eigenvalue weighted by molar-refractivity contribution is 7.23. The van der Waals surface area contributed by atoms with Crippen LogP contribution in [0.5, 0.6) is 0 Å². The lowest BCUT2D eigenvalue weighted by Gasteiger charge is -2.27. The Kier molecular flexibility index (Phi) is 5.79. The maximum Gasteiger partial charge on any atom is 0.113 e. The molecule has 0 aliphatic carbocycles. The van der Waals surface area contributed by atoms with Crippen molar-refractivity contribution in [3.8, 4) is 40.4 Å². The minimum atomic E-state index is -1.95. The summed E-state index contributed by atoms with van der Waals surface area (Å²) in [7, 11) is -1.95. The number of benzene rings is 2. The van der Waals surface area contributed by atoms with Gasteiger partial charge in [0.15, 0.2) is 0 Å². The molecule has 5 heterocycles. The molecule has 0 amide bonds. The Labute approximate surface area is 234 Å². The van der Waals surface area contributed by atoms with Gasteiger partial charge in [-0.15, -0.1) is 45.3 Å². The van der Waals surface area contributed by atoms with Crippen LogP contribution in [0.1, 0.15) is 11.1 Å². The predicted molar refractivity (Wildman–Crippen MR) is 172 cm³/mol. The van der Waals surface area contributed by atoms with Gasteiger partial charge in [0.1, 0.15) is 8.07 Å². The Bertz CT molecular complexity index is 1620. The molecule has 0 N–H and O–H groups in total. The quantitative estimate of drug-likeness (QED) is 0.187. The Balaban J connectivity index is 1.28. The summed E-state index contributed by atoms with van der Waals surface area (Å²) < 4.78 is 0. The van der Waals surface area contributed by atoms with E-state index in [0.717, 1.165) is 0 Å². The lowest BCUT2D eigenvalue weighted by Crippen LogP contribution is -2.54. The number of fused-ring (bicyclic) bond motifs is 2. The summed E-state index contributed by atoms with van der Waals surface area (Å²) in [6.45, 7) is 5.03. The molecule has 0 saturated heterocycles. The molecule has 0 saturated carbocycles. The summed E-state index contributed by atoms with van der Waals surface area (Å²) in [6, 6.07) is 32.0. The first-order chi connectivity index (χ1) is 18.1. The van der Waals surface area contributed by atoms with Gasteiger partial charge >= 0.3 is 0 Å². The summed E-state index contributed by atoms with van der Waals surface area (Å²) in [6.07, 6.45) is 4.65. The molecule has 6 aromatic rings. The first kappa shape index (κ1) is 23.3. The fraction of sp³-hybridized carbons (Fsp3) is 0.0625. The van der Waals surface area contributed by atoms with Gasteiger partial charge in [-0.25, -0.2) is 0 Å². The van der Waals surface area contributed by atoms with Gasteiger partial charge < -0.3 is 0 Å². The van der Waals surface area contributed by atoms with Gasteiger partial charge in [-0.2, -0.15) is 0 Å². The molecule has 0 bridgehead atoms. The van der Waals surface area contributed by atoms with Gasteiger partial charge in [-0.05, 0) is 79.8 Å². The van der Waals surface area contributed by atoms with E-state index in [2.05, 4.69) is 121 Å². The molecule has 7 rings (SSSR count). The second-order valence-electron chi connectivity index (χ2n) is 9.84. The summed E-state index contributed by atoms with van der Waals surface area (Å²) >= 11 is 7.42. The standard InChI is InChI=1S/C32H24S4Si/c1-37(2)31-19-23(25-13-15-29(35-25)27-5-3-17-33-27)11-9-21(31)7-8-22-10-12-24(20-32(22)37)26-14-16-30(36-26)28-6-4-18-34-28/h3-20H,1-2H3. The average Bonchev–Trinajstić information content (AvgIpc) is 3.73. The van der Waals surface area contributed by atoms with Gasteiger partial charge in [0, 0.05) is 29.3 Å². The van der Waals surface area contributed by atoms with E-state index in [1.165, 1.54) is 61.9 Å². The molecule has 0 spiro atoms. The van der Waals surface area contributed by atoms with Crippen LogP contribution >= 0.6 is 45.3 Å². The highest BCUT2D eigenvalue weighted by atomic mass is 32.1. The molecular weight excluding hydrogens is 541 g/mol. The fourth-order valence-corrected chi connectivity index (χ4v) is 12.0. The van der Waals surface area contributed by atoms with Crippen LogP contribution in [0.15, 0.2) is 95.7 Å². The van der Waals surface area contributed by atoms with Crippen LogP contribution in [-0.2, 0) is 0 Å². The highest BCUT2D eigenvalue weighted by Crippen LogP contribution is 2.38. The van der Waals surface area contributed by atoms with Crippen molar-refractivity contribution in [1.29, 1.82) is 0 Å². The van der Waals surface area contributed by atoms with Crippen molar-refractivity contribution in [2.45, 2.75) is 13.1 Å². The summed E-state index contributed by atoms with van der Waals surface area (Å²) in [4.78, 5) is 8.09. The molecule has 0 radical (unpaired) electrons. The molecule has 180 valence electrons.